The second-order valence-electron chi connectivity index (χ2n) is 3.57. The van der Waals surface area contributed by atoms with Crippen LogP contribution in [0.5, 0.6) is 23.0 Å². The van der Waals surface area contributed by atoms with Gasteiger partial charge in [-0.1, -0.05) is 6.07 Å². The molecule has 4 nitrogen and oxygen atoms in total. The summed E-state index contributed by atoms with van der Waals surface area (Å²) in [5, 5.41) is 23.6. The van der Waals surface area contributed by atoms with E-state index in [1.54, 1.807) is 18.2 Å². The molecule has 0 spiro atoms. The molecule has 1 aliphatic heterocycles. The first-order chi connectivity index (χ1) is 7.72. The van der Waals surface area contributed by atoms with Crippen molar-refractivity contribution in [2.24, 2.45) is 0 Å². The fourth-order valence-corrected chi connectivity index (χ4v) is 1.65. The van der Waals surface area contributed by atoms with E-state index in [1.807, 2.05) is 0 Å². The predicted octanol–water partition coefficient (Wildman–Crippen LogP) is 2.32. The predicted molar refractivity (Wildman–Crippen MR) is 57.4 cm³/mol. The zero-order valence-corrected chi connectivity index (χ0v) is 8.23. The van der Waals surface area contributed by atoms with Gasteiger partial charge in [-0.25, -0.2) is 0 Å². The van der Waals surface area contributed by atoms with Crippen LogP contribution >= 0.6 is 0 Å². The van der Waals surface area contributed by atoms with Crippen molar-refractivity contribution in [1.29, 1.82) is 0 Å². The van der Waals surface area contributed by atoms with E-state index in [0.29, 0.717) is 11.5 Å². The number of ether oxygens (including phenoxy) is 1. The highest BCUT2D eigenvalue weighted by Crippen LogP contribution is 2.43. The number of benzene rings is 2. The SMILES string of the molecule is [O-]c1ccc2c(c1)Oc1cc(O)ccc1N2. The van der Waals surface area contributed by atoms with E-state index >= 15 is 0 Å². The van der Waals surface area contributed by atoms with Gasteiger partial charge in [-0.15, -0.1) is 5.75 Å². The summed E-state index contributed by atoms with van der Waals surface area (Å²) in [5.74, 6) is 1.01. The molecule has 2 N–H and O–H groups in total. The van der Waals surface area contributed by atoms with E-state index in [-0.39, 0.29) is 11.5 Å². The molecule has 0 saturated carbocycles. The molecule has 0 radical (unpaired) electrons. The molecule has 4 heteroatoms. The molecule has 2 aromatic carbocycles. The van der Waals surface area contributed by atoms with E-state index in [2.05, 4.69) is 5.32 Å². The van der Waals surface area contributed by atoms with Crippen LogP contribution in [0.15, 0.2) is 36.4 Å². The number of hydrogen-bond donors (Lipinski definition) is 2. The Hall–Kier alpha value is -2.36. The Bertz CT molecular complexity index is 517. The normalized spacial score (nSPS) is 12.0. The summed E-state index contributed by atoms with van der Waals surface area (Å²) >= 11 is 0. The van der Waals surface area contributed by atoms with Crippen LogP contribution in [0.4, 0.5) is 11.4 Å². The monoisotopic (exact) mass is 214 g/mol. The Labute approximate surface area is 91.7 Å². The molecule has 0 aromatic heterocycles. The van der Waals surface area contributed by atoms with Crippen LogP contribution in [0.3, 0.4) is 0 Å². The van der Waals surface area contributed by atoms with Crippen LogP contribution in [0.1, 0.15) is 0 Å². The molecule has 0 bridgehead atoms. The topological polar surface area (TPSA) is 64.5 Å². The van der Waals surface area contributed by atoms with Crippen molar-refractivity contribution in [1.82, 2.24) is 0 Å². The highest BCUT2D eigenvalue weighted by Gasteiger charge is 2.15. The Morgan fingerprint density at radius 1 is 1.00 bits per heavy atom. The van der Waals surface area contributed by atoms with Crippen LogP contribution < -0.4 is 15.2 Å². The average Bonchev–Trinajstić information content (AvgIpc) is 2.26. The second kappa shape index (κ2) is 3.06. The Morgan fingerprint density at radius 2 is 1.69 bits per heavy atom. The number of fused-ring (bicyclic) bond motifs is 2. The second-order valence-corrected chi connectivity index (χ2v) is 3.57. The van der Waals surface area contributed by atoms with Crippen LogP contribution in [0, 0.1) is 0 Å². The van der Waals surface area contributed by atoms with E-state index in [1.165, 1.54) is 18.2 Å². The largest absolute Gasteiger partial charge is 0.872 e. The summed E-state index contributed by atoms with van der Waals surface area (Å²) in [6.07, 6.45) is 0. The molecular formula is C12H8NO3-. The van der Waals surface area contributed by atoms with Gasteiger partial charge >= 0.3 is 0 Å². The van der Waals surface area contributed by atoms with Crippen molar-refractivity contribution in [3.05, 3.63) is 36.4 Å². The maximum absolute atomic E-state index is 11.2. The Morgan fingerprint density at radius 3 is 2.50 bits per heavy atom. The molecule has 16 heavy (non-hydrogen) atoms. The molecule has 0 aliphatic carbocycles. The maximum atomic E-state index is 11.2. The highest BCUT2D eigenvalue weighted by molar-refractivity contribution is 5.76. The van der Waals surface area contributed by atoms with Crippen LogP contribution in [-0.4, -0.2) is 5.11 Å². The summed E-state index contributed by atoms with van der Waals surface area (Å²) < 4.78 is 5.52. The standard InChI is InChI=1S/C12H9NO3/c14-7-1-3-9-11(5-7)16-12-6-8(15)2-4-10(12)13-9/h1-6,13-15H/p-1. The minimum absolute atomic E-state index is 0.107. The van der Waals surface area contributed by atoms with Crippen molar-refractivity contribution in [2.75, 3.05) is 5.32 Å². The summed E-state index contributed by atoms with van der Waals surface area (Å²) in [6, 6.07) is 9.35. The summed E-state index contributed by atoms with van der Waals surface area (Å²) in [4.78, 5) is 0. The lowest BCUT2D eigenvalue weighted by Gasteiger charge is -2.23. The first-order valence-electron chi connectivity index (χ1n) is 4.81. The minimum Gasteiger partial charge on any atom is -0.872 e. The van der Waals surface area contributed by atoms with Crippen LogP contribution in [-0.2, 0) is 0 Å². The van der Waals surface area contributed by atoms with Crippen molar-refractivity contribution < 1.29 is 14.9 Å². The van der Waals surface area contributed by atoms with Gasteiger partial charge in [-0.3, -0.25) is 0 Å². The van der Waals surface area contributed by atoms with Gasteiger partial charge in [0.1, 0.15) is 11.5 Å². The molecule has 0 amide bonds. The number of phenols is 1. The number of phenolic OH excluding ortho intramolecular Hbond substituents is 1. The lowest BCUT2D eigenvalue weighted by Crippen LogP contribution is -2.03. The molecule has 2 aromatic rings. The summed E-state index contributed by atoms with van der Waals surface area (Å²) in [6.45, 7) is 0. The summed E-state index contributed by atoms with van der Waals surface area (Å²) in [7, 11) is 0. The first-order valence-corrected chi connectivity index (χ1v) is 4.81. The van der Waals surface area contributed by atoms with Gasteiger partial charge in [-0.05, 0) is 24.3 Å². The molecule has 1 aliphatic rings. The number of aromatic hydroxyl groups is 1. The van der Waals surface area contributed by atoms with Crippen LogP contribution in [0.2, 0.25) is 0 Å². The van der Waals surface area contributed by atoms with E-state index in [0.717, 1.165) is 11.4 Å². The van der Waals surface area contributed by atoms with Crippen molar-refractivity contribution in [3.63, 3.8) is 0 Å². The van der Waals surface area contributed by atoms with E-state index in [4.69, 9.17) is 4.74 Å². The number of hydrogen-bond acceptors (Lipinski definition) is 4. The van der Waals surface area contributed by atoms with Gasteiger partial charge in [0.25, 0.3) is 0 Å². The zero-order valence-electron chi connectivity index (χ0n) is 8.23. The number of nitrogens with one attached hydrogen (secondary N) is 1. The third-order valence-electron chi connectivity index (χ3n) is 2.41. The molecule has 0 atom stereocenters. The average molecular weight is 214 g/mol. The van der Waals surface area contributed by atoms with Crippen molar-refractivity contribution >= 4 is 11.4 Å². The molecular weight excluding hydrogens is 206 g/mol. The number of anilines is 2. The van der Waals surface area contributed by atoms with Gasteiger partial charge in [0.15, 0.2) is 5.75 Å². The van der Waals surface area contributed by atoms with Crippen LogP contribution in [0.25, 0.3) is 0 Å². The van der Waals surface area contributed by atoms with Gasteiger partial charge in [-0.2, -0.15) is 0 Å². The van der Waals surface area contributed by atoms with Gasteiger partial charge < -0.3 is 20.3 Å². The van der Waals surface area contributed by atoms with Gasteiger partial charge in [0.05, 0.1) is 11.4 Å². The quantitative estimate of drug-likeness (QED) is 0.563. The van der Waals surface area contributed by atoms with Crippen molar-refractivity contribution in [3.8, 4) is 23.0 Å². The smallest absolute Gasteiger partial charge is 0.154 e. The fourth-order valence-electron chi connectivity index (χ4n) is 1.65. The highest BCUT2D eigenvalue weighted by atomic mass is 16.5. The fraction of sp³-hybridized carbons (Fsp3) is 0. The molecule has 0 unspecified atom stereocenters. The van der Waals surface area contributed by atoms with E-state index < -0.39 is 0 Å². The lowest BCUT2D eigenvalue weighted by molar-refractivity contribution is -0.268. The molecule has 80 valence electrons. The minimum atomic E-state index is -0.107. The third-order valence-corrected chi connectivity index (χ3v) is 2.41. The molecule has 0 saturated heterocycles. The molecule has 0 fully saturated rings. The summed E-state index contributed by atoms with van der Waals surface area (Å²) in [5.41, 5.74) is 1.52. The van der Waals surface area contributed by atoms with Gasteiger partial charge in [0.2, 0.25) is 0 Å². The third kappa shape index (κ3) is 1.32. The maximum Gasteiger partial charge on any atom is 0.154 e. The van der Waals surface area contributed by atoms with Crippen molar-refractivity contribution in [2.45, 2.75) is 0 Å². The number of rotatable bonds is 0. The Balaban J connectivity index is 2.10. The lowest BCUT2D eigenvalue weighted by atomic mass is 10.2. The first kappa shape index (κ1) is 8.91. The zero-order chi connectivity index (χ0) is 11.1. The van der Waals surface area contributed by atoms with Gasteiger partial charge in [0, 0.05) is 6.07 Å². The molecule has 3 rings (SSSR count). The Kier molecular flexibility index (Phi) is 1.71. The molecule has 1 heterocycles. The van der Waals surface area contributed by atoms with E-state index in [9.17, 15) is 10.2 Å².